The molecular formula is C15H15FO. The first-order chi connectivity index (χ1) is 8.22. The van der Waals surface area contributed by atoms with E-state index in [1.54, 1.807) is 18.2 Å². The third-order valence-corrected chi connectivity index (χ3v) is 2.90. The average Bonchev–Trinajstić information content (AvgIpc) is 2.39. The van der Waals surface area contributed by atoms with Crippen molar-refractivity contribution in [3.63, 3.8) is 0 Å². The van der Waals surface area contributed by atoms with Crippen LogP contribution < -0.4 is 0 Å². The summed E-state index contributed by atoms with van der Waals surface area (Å²) in [6.45, 7) is 2.07. The maximum atomic E-state index is 13.5. The van der Waals surface area contributed by atoms with Crippen LogP contribution in [0.25, 0.3) is 0 Å². The smallest absolute Gasteiger partial charge is 0.129 e. The summed E-state index contributed by atoms with van der Waals surface area (Å²) in [5.41, 5.74) is 2.23. The molecule has 2 aromatic carbocycles. The molecule has 2 aromatic rings. The quantitative estimate of drug-likeness (QED) is 0.856. The van der Waals surface area contributed by atoms with Crippen LogP contribution in [0.4, 0.5) is 4.39 Å². The van der Waals surface area contributed by atoms with Crippen molar-refractivity contribution in [3.05, 3.63) is 71.0 Å². The molecule has 0 radical (unpaired) electrons. The summed E-state index contributed by atoms with van der Waals surface area (Å²) in [6.07, 6.45) is 0.0536. The number of aryl methyl sites for hydroxylation is 1. The van der Waals surface area contributed by atoms with Crippen LogP contribution in [0.1, 0.15) is 29.7 Å². The first-order valence-corrected chi connectivity index (χ1v) is 5.73. The number of aliphatic hydroxyl groups excluding tert-OH is 1. The molecule has 0 aliphatic rings. The van der Waals surface area contributed by atoms with E-state index in [1.165, 1.54) is 11.6 Å². The van der Waals surface area contributed by atoms with E-state index in [4.69, 9.17) is 0 Å². The second-order valence-corrected chi connectivity index (χ2v) is 4.02. The number of hydrogen-bond donors (Lipinski definition) is 1. The van der Waals surface area contributed by atoms with Gasteiger partial charge in [-0.25, -0.2) is 4.39 Å². The molecule has 0 bridgehead atoms. The van der Waals surface area contributed by atoms with Gasteiger partial charge in [-0.3, -0.25) is 0 Å². The Labute approximate surface area is 101 Å². The normalized spacial score (nSPS) is 12.4. The van der Waals surface area contributed by atoms with Gasteiger partial charge in [0.2, 0.25) is 0 Å². The van der Waals surface area contributed by atoms with Crippen molar-refractivity contribution in [2.24, 2.45) is 0 Å². The van der Waals surface area contributed by atoms with E-state index < -0.39 is 6.10 Å². The van der Waals surface area contributed by atoms with Crippen molar-refractivity contribution in [2.75, 3.05) is 0 Å². The summed E-state index contributed by atoms with van der Waals surface area (Å²) in [6, 6.07) is 13.9. The van der Waals surface area contributed by atoms with E-state index >= 15 is 0 Å². The molecule has 0 fully saturated rings. The average molecular weight is 230 g/mol. The Kier molecular flexibility index (Phi) is 3.55. The summed E-state index contributed by atoms with van der Waals surface area (Å²) in [5.74, 6) is -0.375. The van der Waals surface area contributed by atoms with E-state index in [9.17, 15) is 9.50 Å². The predicted octanol–water partition coefficient (Wildman–Crippen LogP) is 3.47. The van der Waals surface area contributed by atoms with Crippen molar-refractivity contribution >= 4 is 0 Å². The fraction of sp³-hybridized carbons (Fsp3) is 0.200. The third kappa shape index (κ3) is 2.53. The van der Waals surface area contributed by atoms with Crippen LogP contribution in [0, 0.1) is 5.82 Å². The minimum absolute atomic E-state index is 0.316. The van der Waals surface area contributed by atoms with Gasteiger partial charge in [-0.1, -0.05) is 49.4 Å². The van der Waals surface area contributed by atoms with E-state index in [0.717, 1.165) is 6.42 Å². The van der Waals surface area contributed by atoms with Gasteiger partial charge in [0.1, 0.15) is 11.9 Å². The van der Waals surface area contributed by atoms with Gasteiger partial charge in [0.15, 0.2) is 0 Å². The lowest BCUT2D eigenvalue weighted by Gasteiger charge is -2.12. The van der Waals surface area contributed by atoms with Gasteiger partial charge in [-0.05, 0) is 23.6 Å². The standard InChI is InChI=1S/C15H15FO/c1-2-11-7-9-12(10-8-11)15(17)13-5-3-4-6-14(13)16/h3-10,15,17H,2H2,1H3/t15-/m0/s1. The molecule has 0 aliphatic carbocycles. The Morgan fingerprint density at radius 1 is 1.06 bits per heavy atom. The molecule has 1 atom stereocenters. The molecule has 0 spiro atoms. The second kappa shape index (κ2) is 5.11. The van der Waals surface area contributed by atoms with Crippen molar-refractivity contribution in [1.82, 2.24) is 0 Å². The first kappa shape index (κ1) is 11.8. The topological polar surface area (TPSA) is 20.2 Å². The largest absolute Gasteiger partial charge is 0.384 e. The van der Waals surface area contributed by atoms with Crippen molar-refractivity contribution in [3.8, 4) is 0 Å². The van der Waals surface area contributed by atoms with Crippen molar-refractivity contribution in [2.45, 2.75) is 19.4 Å². The highest BCUT2D eigenvalue weighted by Gasteiger charge is 2.13. The molecule has 0 aliphatic heterocycles. The zero-order valence-corrected chi connectivity index (χ0v) is 9.73. The van der Waals surface area contributed by atoms with E-state index in [-0.39, 0.29) is 5.82 Å². The summed E-state index contributed by atoms with van der Waals surface area (Å²) in [4.78, 5) is 0. The van der Waals surface area contributed by atoms with Gasteiger partial charge in [-0.15, -0.1) is 0 Å². The fourth-order valence-electron chi connectivity index (χ4n) is 1.81. The van der Waals surface area contributed by atoms with Gasteiger partial charge in [0.25, 0.3) is 0 Å². The number of hydrogen-bond acceptors (Lipinski definition) is 1. The molecule has 0 amide bonds. The minimum atomic E-state index is -0.901. The lowest BCUT2D eigenvalue weighted by Crippen LogP contribution is -2.02. The predicted molar refractivity (Wildman–Crippen MR) is 66.3 cm³/mol. The summed E-state index contributed by atoms with van der Waals surface area (Å²) in [5, 5.41) is 10.1. The lowest BCUT2D eigenvalue weighted by atomic mass is 9.99. The molecule has 1 N–H and O–H groups in total. The molecule has 2 rings (SSSR count). The Morgan fingerprint density at radius 2 is 1.71 bits per heavy atom. The van der Waals surface area contributed by atoms with Crippen LogP contribution in [-0.4, -0.2) is 5.11 Å². The van der Waals surface area contributed by atoms with Crippen LogP contribution in [0.5, 0.6) is 0 Å². The second-order valence-electron chi connectivity index (χ2n) is 4.02. The van der Waals surface area contributed by atoms with Gasteiger partial charge >= 0.3 is 0 Å². The van der Waals surface area contributed by atoms with Crippen LogP contribution >= 0.6 is 0 Å². The van der Waals surface area contributed by atoms with Gasteiger partial charge in [0, 0.05) is 5.56 Å². The summed E-state index contributed by atoms with van der Waals surface area (Å²) in [7, 11) is 0. The molecule has 2 heteroatoms. The number of halogens is 1. The summed E-state index contributed by atoms with van der Waals surface area (Å²) < 4.78 is 13.5. The highest BCUT2D eigenvalue weighted by atomic mass is 19.1. The maximum Gasteiger partial charge on any atom is 0.129 e. The Balaban J connectivity index is 2.30. The van der Waals surface area contributed by atoms with Crippen LogP contribution in [0.15, 0.2) is 48.5 Å². The lowest BCUT2D eigenvalue weighted by molar-refractivity contribution is 0.215. The molecule has 0 heterocycles. The molecule has 0 saturated heterocycles. The summed E-state index contributed by atoms with van der Waals surface area (Å²) >= 11 is 0. The maximum absolute atomic E-state index is 13.5. The Bertz CT molecular complexity index is 491. The van der Waals surface area contributed by atoms with Gasteiger partial charge in [0.05, 0.1) is 0 Å². The van der Waals surface area contributed by atoms with Crippen LogP contribution in [0.2, 0.25) is 0 Å². The monoisotopic (exact) mass is 230 g/mol. The SMILES string of the molecule is CCc1ccc([C@H](O)c2ccccc2F)cc1. The molecule has 0 unspecified atom stereocenters. The van der Waals surface area contributed by atoms with Gasteiger partial charge < -0.3 is 5.11 Å². The van der Waals surface area contributed by atoms with Crippen LogP contribution in [-0.2, 0) is 6.42 Å². The molecule has 88 valence electrons. The third-order valence-electron chi connectivity index (χ3n) is 2.90. The number of benzene rings is 2. The Hall–Kier alpha value is -1.67. The van der Waals surface area contributed by atoms with Crippen molar-refractivity contribution < 1.29 is 9.50 Å². The first-order valence-electron chi connectivity index (χ1n) is 5.73. The zero-order valence-electron chi connectivity index (χ0n) is 9.73. The molecule has 17 heavy (non-hydrogen) atoms. The minimum Gasteiger partial charge on any atom is -0.384 e. The molecule has 0 aromatic heterocycles. The zero-order chi connectivity index (χ0) is 12.3. The molecular weight excluding hydrogens is 215 g/mol. The van der Waals surface area contributed by atoms with Crippen molar-refractivity contribution in [1.29, 1.82) is 0 Å². The van der Waals surface area contributed by atoms with Crippen LogP contribution in [0.3, 0.4) is 0 Å². The number of rotatable bonds is 3. The fourth-order valence-corrected chi connectivity index (χ4v) is 1.81. The van der Waals surface area contributed by atoms with E-state index in [0.29, 0.717) is 11.1 Å². The highest BCUT2D eigenvalue weighted by molar-refractivity contribution is 5.32. The molecule has 1 nitrogen and oxygen atoms in total. The highest BCUT2D eigenvalue weighted by Crippen LogP contribution is 2.24. The van der Waals surface area contributed by atoms with E-state index in [2.05, 4.69) is 6.92 Å². The van der Waals surface area contributed by atoms with E-state index in [1.807, 2.05) is 24.3 Å². The molecule has 0 saturated carbocycles. The van der Waals surface area contributed by atoms with Gasteiger partial charge in [-0.2, -0.15) is 0 Å². The Morgan fingerprint density at radius 3 is 2.29 bits per heavy atom. The number of aliphatic hydroxyl groups is 1.